The molecule has 2 aromatic carbocycles. The summed E-state index contributed by atoms with van der Waals surface area (Å²) < 4.78 is 45.5. The average molecular weight is 296 g/mol. The Hall–Kier alpha value is -2.17. The number of rotatable bonds is 5. The maximum atomic E-state index is 12.1. The van der Waals surface area contributed by atoms with E-state index in [0.29, 0.717) is 6.61 Å². The molecule has 2 rings (SSSR count). The zero-order chi connectivity index (χ0) is 15.3. The van der Waals surface area contributed by atoms with Crippen molar-refractivity contribution in [3.8, 4) is 22.6 Å². The molecule has 0 fully saturated rings. The van der Waals surface area contributed by atoms with Crippen LogP contribution in [0.4, 0.5) is 13.2 Å². The molecule has 0 unspecified atom stereocenters. The van der Waals surface area contributed by atoms with Crippen molar-refractivity contribution in [2.45, 2.75) is 19.7 Å². The van der Waals surface area contributed by atoms with Gasteiger partial charge in [0.15, 0.2) is 0 Å². The molecule has 0 saturated carbocycles. The third-order valence-electron chi connectivity index (χ3n) is 2.75. The van der Waals surface area contributed by atoms with Crippen LogP contribution in [0.5, 0.6) is 11.5 Å². The van der Waals surface area contributed by atoms with Gasteiger partial charge in [-0.3, -0.25) is 0 Å². The standard InChI is InChI=1S/C16H15F3O2/c1-2-11-20-14-7-3-12(4-8-14)13-5-9-15(10-6-13)21-16(17,18)19/h3-10H,2,11H2,1H3. The predicted octanol–water partition coefficient (Wildman–Crippen LogP) is 5.04. The molecule has 0 spiro atoms. The molecule has 0 N–H and O–H groups in total. The maximum absolute atomic E-state index is 12.1. The lowest BCUT2D eigenvalue weighted by atomic mass is 10.1. The van der Waals surface area contributed by atoms with Gasteiger partial charge in [-0.15, -0.1) is 13.2 Å². The summed E-state index contributed by atoms with van der Waals surface area (Å²) in [5, 5.41) is 0. The second kappa shape index (κ2) is 6.52. The monoisotopic (exact) mass is 296 g/mol. The quantitative estimate of drug-likeness (QED) is 0.769. The van der Waals surface area contributed by atoms with Crippen LogP contribution in [-0.2, 0) is 0 Å². The van der Waals surface area contributed by atoms with Gasteiger partial charge in [0.25, 0.3) is 0 Å². The highest BCUT2D eigenvalue weighted by Gasteiger charge is 2.30. The van der Waals surface area contributed by atoms with E-state index in [0.717, 1.165) is 23.3 Å². The molecular formula is C16H15F3O2. The summed E-state index contributed by atoms with van der Waals surface area (Å²) in [5.41, 5.74) is 1.71. The first kappa shape index (κ1) is 15.2. The van der Waals surface area contributed by atoms with Crippen molar-refractivity contribution < 1.29 is 22.6 Å². The zero-order valence-electron chi connectivity index (χ0n) is 11.5. The van der Waals surface area contributed by atoms with E-state index in [2.05, 4.69) is 4.74 Å². The Morgan fingerprint density at radius 2 is 1.29 bits per heavy atom. The maximum Gasteiger partial charge on any atom is 0.573 e. The van der Waals surface area contributed by atoms with E-state index in [9.17, 15) is 13.2 Å². The summed E-state index contributed by atoms with van der Waals surface area (Å²) in [4.78, 5) is 0. The SMILES string of the molecule is CCCOc1ccc(-c2ccc(OC(F)(F)F)cc2)cc1. The highest BCUT2D eigenvalue weighted by atomic mass is 19.4. The van der Waals surface area contributed by atoms with Gasteiger partial charge >= 0.3 is 6.36 Å². The van der Waals surface area contributed by atoms with Crippen molar-refractivity contribution in [1.29, 1.82) is 0 Å². The Balaban J connectivity index is 2.08. The van der Waals surface area contributed by atoms with Crippen LogP contribution >= 0.6 is 0 Å². The van der Waals surface area contributed by atoms with E-state index in [-0.39, 0.29) is 5.75 Å². The topological polar surface area (TPSA) is 18.5 Å². The Bertz CT molecular complexity index is 560. The molecule has 0 heterocycles. The fourth-order valence-electron chi connectivity index (χ4n) is 1.81. The molecule has 0 aliphatic carbocycles. The van der Waals surface area contributed by atoms with Gasteiger partial charge < -0.3 is 9.47 Å². The fourth-order valence-corrected chi connectivity index (χ4v) is 1.81. The Morgan fingerprint density at radius 3 is 1.71 bits per heavy atom. The summed E-state index contributed by atoms with van der Waals surface area (Å²) in [6.07, 6.45) is -3.73. The molecular weight excluding hydrogens is 281 g/mol. The lowest BCUT2D eigenvalue weighted by Crippen LogP contribution is -2.16. The molecule has 5 heteroatoms. The van der Waals surface area contributed by atoms with Crippen molar-refractivity contribution in [2.75, 3.05) is 6.61 Å². The van der Waals surface area contributed by atoms with Gasteiger partial charge in [0.05, 0.1) is 6.61 Å². The smallest absolute Gasteiger partial charge is 0.494 e. The number of ether oxygens (including phenoxy) is 2. The van der Waals surface area contributed by atoms with Crippen molar-refractivity contribution in [1.82, 2.24) is 0 Å². The summed E-state index contributed by atoms with van der Waals surface area (Å²) in [7, 11) is 0. The number of hydrogen-bond donors (Lipinski definition) is 0. The first-order chi connectivity index (χ1) is 9.98. The molecule has 0 aliphatic heterocycles. The van der Waals surface area contributed by atoms with Crippen LogP contribution in [-0.4, -0.2) is 13.0 Å². The van der Waals surface area contributed by atoms with Crippen LogP contribution in [0.15, 0.2) is 48.5 Å². The molecule has 0 amide bonds. The van der Waals surface area contributed by atoms with E-state index in [4.69, 9.17) is 4.74 Å². The van der Waals surface area contributed by atoms with Gasteiger partial charge in [-0.1, -0.05) is 31.2 Å². The summed E-state index contributed by atoms with van der Waals surface area (Å²) in [5.74, 6) is 0.548. The van der Waals surface area contributed by atoms with Crippen molar-refractivity contribution in [2.24, 2.45) is 0 Å². The van der Waals surface area contributed by atoms with Crippen LogP contribution in [0.25, 0.3) is 11.1 Å². The number of hydrogen-bond acceptors (Lipinski definition) is 2. The predicted molar refractivity (Wildman–Crippen MR) is 74.3 cm³/mol. The van der Waals surface area contributed by atoms with Crippen molar-refractivity contribution in [3.05, 3.63) is 48.5 Å². The largest absolute Gasteiger partial charge is 0.573 e. The number of benzene rings is 2. The Kier molecular flexibility index (Phi) is 4.73. The lowest BCUT2D eigenvalue weighted by molar-refractivity contribution is -0.274. The van der Waals surface area contributed by atoms with Crippen molar-refractivity contribution in [3.63, 3.8) is 0 Å². The molecule has 0 atom stereocenters. The first-order valence-electron chi connectivity index (χ1n) is 6.57. The Morgan fingerprint density at radius 1 is 0.810 bits per heavy atom. The average Bonchev–Trinajstić information content (AvgIpc) is 2.45. The van der Waals surface area contributed by atoms with Crippen LogP contribution in [0.3, 0.4) is 0 Å². The molecule has 2 aromatic rings. The first-order valence-corrected chi connectivity index (χ1v) is 6.57. The second-order valence-corrected chi connectivity index (χ2v) is 4.45. The summed E-state index contributed by atoms with van der Waals surface area (Å²) in [6.45, 7) is 2.68. The highest BCUT2D eigenvalue weighted by Crippen LogP contribution is 2.27. The van der Waals surface area contributed by atoms with Crippen LogP contribution in [0, 0.1) is 0 Å². The van der Waals surface area contributed by atoms with Gasteiger partial charge in [-0.25, -0.2) is 0 Å². The molecule has 0 aromatic heterocycles. The van der Waals surface area contributed by atoms with Crippen LogP contribution < -0.4 is 9.47 Å². The molecule has 112 valence electrons. The Labute approximate surface area is 121 Å². The van der Waals surface area contributed by atoms with Crippen molar-refractivity contribution >= 4 is 0 Å². The van der Waals surface area contributed by atoms with Crippen LogP contribution in [0.2, 0.25) is 0 Å². The molecule has 0 aliphatic rings. The number of alkyl halides is 3. The lowest BCUT2D eigenvalue weighted by Gasteiger charge is -2.10. The molecule has 0 radical (unpaired) electrons. The minimum absolute atomic E-state index is 0.228. The van der Waals surface area contributed by atoms with E-state index < -0.39 is 6.36 Å². The van der Waals surface area contributed by atoms with Gasteiger partial charge in [-0.05, 0) is 41.8 Å². The minimum Gasteiger partial charge on any atom is -0.494 e. The molecule has 21 heavy (non-hydrogen) atoms. The normalized spacial score (nSPS) is 11.2. The van der Waals surface area contributed by atoms with Crippen LogP contribution in [0.1, 0.15) is 13.3 Å². The summed E-state index contributed by atoms with van der Waals surface area (Å²) >= 11 is 0. The zero-order valence-corrected chi connectivity index (χ0v) is 11.5. The third-order valence-corrected chi connectivity index (χ3v) is 2.75. The fraction of sp³-hybridized carbons (Fsp3) is 0.250. The van der Waals surface area contributed by atoms with Gasteiger partial charge in [0.2, 0.25) is 0 Å². The minimum atomic E-state index is -4.67. The van der Waals surface area contributed by atoms with Gasteiger partial charge in [0.1, 0.15) is 11.5 Å². The molecule has 2 nitrogen and oxygen atoms in total. The van der Waals surface area contributed by atoms with E-state index in [1.807, 2.05) is 31.2 Å². The molecule has 0 saturated heterocycles. The van der Waals surface area contributed by atoms with Gasteiger partial charge in [-0.2, -0.15) is 0 Å². The van der Waals surface area contributed by atoms with Gasteiger partial charge in [0, 0.05) is 0 Å². The van der Waals surface area contributed by atoms with E-state index in [1.54, 1.807) is 12.1 Å². The van der Waals surface area contributed by atoms with E-state index >= 15 is 0 Å². The second-order valence-electron chi connectivity index (χ2n) is 4.45. The third kappa shape index (κ3) is 4.70. The van der Waals surface area contributed by atoms with E-state index in [1.165, 1.54) is 12.1 Å². The number of halogens is 3. The highest BCUT2D eigenvalue weighted by molar-refractivity contribution is 5.64. The molecule has 0 bridgehead atoms. The summed E-state index contributed by atoms with van der Waals surface area (Å²) in [6, 6.07) is 13.2.